The molecule has 0 amide bonds. The molecule has 0 unspecified atom stereocenters. The number of anilines is 1. The molecular weight excluding hydrogens is 298 g/mol. The highest BCUT2D eigenvalue weighted by atomic mass is 16.7. The number of methoxy groups -OCH3 is 2. The predicted octanol–water partition coefficient (Wildman–Crippen LogP) is 6.19. The fraction of sp³-hybridized carbons (Fsp3) is 0.714. The first-order valence-electron chi connectivity index (χ1n) is 9.55. The van der Waals surface area contributed by atoms with E-state index in [0.29, 0.717) is 0 Å². The van der Waals surface area contributed by atoms with E-state index in [-0.39, 0.29) is 5.79 Å². The molecule has 0 bridgehead atoms. The van der Waals surface area contributed by atoms with Crippen LogP contribution in [0.1, 0.15) is 78.1 Å². The summed E-state index contributed by atoms with van der Waals surface area (Å²) in [6, 6.07) is 9.49. The van der Waals surface area contributed by atoms with Gasteiger partial charge in [0.1, 0.15) is 0 Å². The highest BCUT2D eigenvalue weighted by Gasteiger charge is 2.27. The van der Waals surface area contributed by atoms with Crippen LogP contribution in [-0.2, 0) is 9.47 Å². The zero-order chi connectivity index (χ0) is 18.1. The van der Waals surface area contributed by atoms with Gasteiger partial charge < -0.3 is 15.2 Å². The summed E-state index contributed by atoms with van der Waals surface area (Å²) < 4.78 is 11.1. The van der Waals surface area contributed by atoms with Gasteiger partial charge >= 0.3 is 0 Å². The Bertz CT molecular complexity index is 363. The number of para-hydroxylation sites is 1. The topological polar surface area (TPSA) is 44.5 Å². The third-order valence-electron chi connectivity index (χ3n) is 4.34. The van der Waals surface area contributed by atoms with Crippen LogP contribution in [-0.4, -0.2) is 20.0 Å². The highest BCUT2D eigenvalue weighted by molar-refractivity contribution is 5.35. The first-order valence-corrected chi connectivity index (χ1v) is 9.55. The monoisotopic (exact) mass is 337 g/mol. The third-order valence-corrected chi connectivity index (χ3v) is 4.34. The lowest BCUT2D eigenvalue weighted by Gasteiger charge is -2.30. The molecule has 2 N–H and O–H groups in total. The highest BCUT2D eigenvalue weighted by Crippen LogP contribution is 2.25. The maximum absolute atomic E-state index is 5.55. The van der Waals surface area contributed by atoms with Crippen LogP contribution in [0.15, 0.2) is 30.3 Å². The number of hydrogen-bond donors (Lipinski definition) is 1. The molecule has 0 atom stereocenters. The van der Waals surface area contributed by atoms with Crippen LogP contribution >= 0.6 is 0 Å². The van der Waals surface area contributed by atoms with Crippen LogP contribution in [0, 0.1) is 0 Å². The normalized spacial score (nSPS) is 11.0. The average molecular weight is 338 g/mol. The first kappa shape index (κ1) is 22.9. The van der Waals surface area contributed by atoms with E-state index >= 15 is 0 Å². The molecule has 0 fully saturated rings. The van der Waals surface area contributed by atoms with Gasteiger partial charge in [-0.25, -0.2) is 0 Å². The predicted molar refractivity (Wildman–Crippen MR) is 105 cm³/mol. The quantitative estimate of drug-likeness (QED) is 0.281. The second-order valence-corrected chi connectivity index (χ2v) is 6.35. The first-order chi connectivity index (χ1) is 11.6. The van der Waals surface area contributed by atoms with Gasteiger partial charge in [-0.15, -0.1) is 0 Å². The van der Waals surface area contributed by atoms with Crippen molar-refractivity contribution in [2.75, 3.05) is 20.0 Å². The van der Waals surface area contributed by atoms with E-state index in [4.69, 9.17) is 15.2 Å². The molecule has 3 heteroatoms. The molecule has 3 nitrogen and oxygen atoms in total. The molecule has 0 aliphatic heterocycles. The molecule has 24 heavy (non-hydrogen) atoms. The van der Waals surface area contributed by atoms with Crippen molar-refractivity contribution >= 4 is 5.69 Å². The van der Waals surface area contributed by atoms with Crippen molar-refractivity contribution in [3.05, 3.63) is 30.3 Å². The van der Waals surface area contributed by atoms with Crippen LogP contribution in [0.5, 0.6) is 0 Å². The molecule has 1 rings (SSSR count). The van der Waals surface area contributed by atoms with E-state index in [9.17, 15) is 0 Å². The Balaban J connectivity index is 0.000000620. The number of benzene rings is 1. The van der Waals surface area contributed by atoms with Crippen molar-refractivity contribution in [1.82, 2.24) is 0 Å². The lowest BCUT2D eigenvalue weighted by Crippen LogP contribution is -2.33. The van der Waals surface area contributed by atoms with Crippen LogP contribution in [0.25, 0.3) is 0 Å². The molecule has 0 aromatic heterocycles. The molecule has 140 valence electrons. The minimum absolute atomic E-state index is 0.321. The van der Waals surface area contributed by atoms with E-state index < -0.39 is 0 Å². The van der Waals surface area contributed by atoms with Crippen LogP contribution in [0.2, 0.25) is 0 Å². The maximum atomic E-state index is 5.55. The Hall–Kier alpha value is -1.06. The average Bonchev–Trinajstić information content (AvgIpc) is 2.61. The summed E-state index contributed by atoms with van der Waals surface area (Å²) in [5, 5.41) is 0. The summed E-state index contributed by atoms with van der Waals surface area (Å²) in [6.07, 6.45) is 12.5. The Labute approximate surface area is 149 Å². The second kappa shape index (κ2) is 15.5. The fourth-order valence-electron chi connectivity index (χ4n) is 2.80. The van der Waals surface area contributed by atoms with Crippen molar-refractivity contribution in [3.8, 4) is 0 Å². The molecule has 0 aliphatic rings. The lowest BCUT2D eigenvalue weighted by atomic mass is 10.0. The van der Waals surface area contributed by atoms with Gasteiger partial charge in [0.05, 0.1) is 0 Å². The SMILES string of the molecule is CCCCCCCCCC(CCC)(OC)OC.Nc1ccccc1. The second-order valence-electron chi connectivity index (χ2n) is 6.35. The van der Waals surface area contributed by atoms with Gasteiger partial charge in [0.25, 0.3) is 0 Å². The summed E-state index contributed by atoms with van der Waals surface area (Å²) >= 11 is 0. The molecule has 0 saturated carbocycles. The molecular formula is C21H39NO2. The van der Waals surface area contributed by atoms with Gasteiger partial charge in [-0.05, 0) is 18.6 Å². The minimum Gasteiger partial charge on any atom is -0.399 e. The molecule has 0 saturated heterocycles. The fourth-order valence-corrected chi connectivity index (χ4v) is 2.80. The van der Waals surface area contributed by atoms with Gasteiger partial charge in [-0.3, -0.25) is 0 Å². The Kier molecular flexibility index (Phi) is 14.8. The van der Waals surface area contributed by atoms with Crippen LogP contribution < -0.4 is 5.73 Å². The number of hydrogen-bond acceptors (Lipinski definition) is 3. The Morgan fingerprint density at radius 2 is 1.29 bits per heavy atom. The van der Waals surface area contributed by atoms with E-state index in [0.717, 1.165) is 24.9 Å². The lowest BCUT2D eigenvalue weighted by molar-refractivity contribution is -0.215. The summed E-state index contributed by atoms with van der Waals surface area (Å²) in [5.41, 5.74) is 6.18. The smallest absolute Gasteiger partial charge is 0.167 e. The molecule has 0 heterocycles. The standard InChI is InChI=1S/C15H32O2.C6H7N/c1-5-7-8-9-10-11-12-14-15(16-3,17-4)13-6-2;7-6-4-2-1-3-5-6/h5-14H2,1-4H3;1-5H,7H2. The Morgan fingerprint density at radius 3 is 1.71 bits per heavy atom. The third kappa shape index (κ3) is 11.5. The molecule has 0 aliphatic carbocycles. The zero-order valence-corrected chi connectivity index (χ0v) is 16.4. The van der Waals surface area contributed by atoms with Crippen LogP contribution in [0.4, 0.5) is 5.69 Å². The number of unbranched alkanes of at least 4 members (excludes halogenated alkanes) is 6. The maximum Gasteiger partial charge on any atom is 0.167 e. The van der Waals surface area contributed by atoms with Crippen LogP contribution in [0.3, 0.4) is 0 Å². The molecule has 0 spiro atoms. The summed E-state index contributed by atoms with van der Waals surface area (Å²) in [6.45, 7) is 4.44. The summed E-state index contributed by atoms with van der Waals surface area (Å²) in [7, 11) is 3.53. The van der Waals surface area contributed by atoms with E-state index in [1.165, 1.54) is 44.9 Å². The van der Waals surface area contributed by atoms with E-state index in [1.54, 1.807) is 14.2 Å². The van der Waals surface area contributed by atoms with Gasteiger partial charge in [-0.1, -0.05) is 77.0 Å². The van der Waals surface area contributed by atoms with Gasteiger partial charge in [0, 0.05) is 32.7 Å². The number of ether oxygens (including phenoxy) is 2. The van der Waals surface area contributed by atoms with E-state index in [1.807, 2.05) is 30.3 Å². The number of nitrogen functional groups attached to an aromatic ring is 1. The largest absolute Gasteiger partial charge is 0.399 e. The van der Waals surface area contributed by atoms with Gasteiger partial charge in [0.2, 0.25) is 0 Å². The summed E-state index contributed by atoms with van der Waals surface area (Å²) in [4.78, 5) is 0. The molecule has 1 aromatic carbocycles. The zero-order valence-electron chi connectivity index (χ0n) is 16.4. The molecule has 1 aromatic rings. The minimum atomic E-state index is -0.321. The van der Waals surface area contributed by atoms with Crippen molar-refractivity contribution in [2.45, 2.75) is 83.8 Å². The molecule has 0 radical (unpaired) electrons. The van der Waals surface area contributed by atoms with Crippen molar-refractivity contribution in [2.24, 2.45) is 0 Å². The number of rotatable bonds is 12. The van der Waals surface area contributed by atoms with Gasteiger partial charge in [0.15, 0.2) is 5.79 Å². The van der Waals surface area contributed by atoms with Crippen molar-refractivity contribution < 1.29 is 9.47 Å². The van der Waals surface area contributed by atoms with Crippen molar-refractivity contribution in [3.63, 3.8) is 0 Å². The van der Waals surface area contributed by atoms with Gasteiger partial charge in [-0.2, -0.15) is 0 Å². The Morgan fingerprint density at radius 1 is 0.750 bits per heavy atom. The number of nitrogens with two attached hydrogens (primary N) is 1. The van der Waals surface area contributed by atoms with E-state index in [2.05, 4.69) is 13.8 Å². The van der Waals surface area contributed by atoms with Crippen molar-refractivity contribution in [1.29, 1.82) is 0 Å². The summed E-state index contributed by atoms with van der Waals surface area (Å²) in [5.74, 6) is -0.321.